The standard InChI is InChI=1S/C19H19ClN2O/c1-13-19(15-8-4-6-10-17(15)21-13)18(23)12-22(2)11-14-7-3-5-9-16(14)20/h3-10,21H,11-12H2,1-2H3. The topological polar surface area (TPSA) is 36.1 Å². The van der Waals surface area contributed by atoms with Crippen LogP contribution >= 0.6 is 11.6 Å². The Morgan fingerprint density at radius 3 is 2.61 bits per heavy atom. The smallest absolute Gasteiger partial charge is 0.179 e. The van der Waals surface area contributed by atoms with Crippen molar-refractivity contribution >= 4 is 28.3 Å². The van der Waals surface area contributed by atoms with Crippen molar-refractivity contribution in [2.45, 2.75) is 13.5 Å². The molecule has 4 heteroatoms. The van der Waals surface area contributed by atoms with Gasteiger partial charge in [0.25, 0.3) is 0 Å². The van der Waals surface area contributed by atoms with Gasteiger partial charge in [0.05, 0.1) is 6.54 Å². The predicted molar refractivity (Wildman–Crippen MR) is 95.2 cm³/mol. The number of aryl methyl sites for hydroxylation is 1. The fraction of sp³-hybridized carbons (Fsp3) is 0.211. The highest BCUT2D eigenvalue weighted by atomic mass is 35.5. The summed E-state index contributed by atoms with van der Waals surface area (Å²) in [5.41, 5.74) is 3.73. The number of Topliss-reactive ketones (excluding diaryl/α,β-unsaturated/α-hetero) is 1. The van der Waals surface area contributed by atoms with E-state index in [1.165, 1.54) is 0 Å². The van der Waals surface area contributed by atoms with E-state index in [2.05, 4.69) is 4.98 Å². The molecule has 3 rings (SSSR count). The van der Waals surface area contributed by atoms with Gasteiger partial charge in [0.15, 0.2) is 5.78 Å². The van der Waals surface area contributed by atoms with Gasteiger partial charge in [-0.05, 0) is 31.7 Å². The second kappa shape index (κ2) is 6.57. The minimum atomic E-state index is 0.120. The number of nitrogens with one attached hydrogen (secondary N) is 1. The number of hydrogen-bond donors (Lipinski definition) is 1. The van der Waals surface area contributed by atoms with Crippen molar-refractivity contribution in [1.29, 1.82) is 0 Å². The number of fused-ring (bicyclic) bond motifs is 1. The summed E-state index contributed by atoms with van der Waals surface area (Å²) >= 11 is 6.19. The molecule has 3 nitrogen and oxygen atoms in total. The normalized spacial score (nSPS) is 11.3. The van der Waals surface area contributed by atoms with Gasteiger partial charge in [-0.25, -0.2) is 0 Å². The van der Waals surface area contributed by atoms with Crippen LogP contribution in [0.4, 0.5) is 0 Å². The van der Waals surface area contributed by atoms with Crippen LogP contribution in [0.3, 0.4) is 0 Å². The van der Waals surface area contributed by atoms with Crippen LogP contribution in [0, 0.1) is 6.92 Å². The Kier molecular flexibility index (Phi) is 4.51. The number of carbonyl (C=O) groups is 1. The number of para-hydroxylation sites is 1. The largest absolute Gasteiger partial charge is 0.358 e. The summed E-state index contributed by atoms with van der Waals surface area (Å²) in [5, 5.41) is 1.72. The quantitative estimate of drug-likeness (QED) is 0.703. The van der Waals surface area contributed by atoms with E-state index in [1.807, 2.05) is 67.4 Å². The Morgan fingerprint density at radius 1 is 1.13 bits per heavy atom. The first-order chi connectivity index (χ1) is 11.1. The third-order valence-corrected chi connectivity index (χ3v) is 4.35. The molecule has 0 radical (unpaired) electrons. The molecule has 1 N–H and O–H groups in total. The highest BCUT2D eigenvalue weighted by Gasteiger charge is 2.17. The highest BCUT2D eigenvalue weighted by Crippen LogP contribution is 2.23. The third kappa shape index (κ3) is 3.31. The predicted octanol–water partition coefficient (Wildman–Crippen LogP) is 4.44. The summed E-state index contributed by atoms with van der Waals surface area (Å²) in [6.07, 6.45) is 0. The summed E-state index contributed by atoms with van der Waals surface area (Å²) in [6.45, 7) is 2.95. The maximum atomic E-state index is 12.7. The van der Waals surface area contributed by atoms with Crippen molar-refractivity contribution in [3.8, 4) is 0 Å². The second-order valence-corrected chi connectivity index (χ2v) is 6.26. The van der Waals surface area contributed by atoms with Crippen molar-refractivity contribution in [3.63, 3.8) is 0 Å². The molecule has 0 saturated heterocycles. The number of benzene rings is 2. The Hall–Kier alpha value is -2.10. The molecule has 0 aliphatic heterocycles. The van der Waals surface area contributed by atoms with Gasteiger partial charge in [-0.1, -0.05) is 48.0 Å². The van der Waals surface area contributed by atoms with Crippen molar-refractivity contribution in [2.75, 3.05) is 13.6 Å². The van der Waals surface area contributed by atoms with Crippen LogP contribution in [0.1, 0.15) is 21.6 Å². The molecule has 0 aliphatic carbocycles. The van der Waals surface area contributed by atoms with E-state index in [9.17, 15) is 4.79 Å². The molecule has 23 heavy (non-hydrogen) atoms. The second-order valence-electron chi connectivity index (χ2n) is 5.86. The lowest BCUT2D eigenvalue weighted by atomic mass is 10.1. The molecule has 0 bridgehead atoms. The highest BCUT2D eigenvalue weighted by molar-refractivity contribution is 6.31. The molecule has 0 aliphatic rings. The molecule has 118 valence electrons. The van der Waals surface area contributed by atoms with E-state index >= 15 is 0 Å². The molecule has 0 fully saturated rings. The average molecular weight is 327 g/mol. The Bertz CT molecular complexity index is 853. The maximum absolute atomic E-state index is 12.7. The van der Waals surface area contributed by atoms with Gasteiger partial charge < -0.3 is 4.98 Å². The lowest BCUT2D eigenvalue weighted by Gasteiger charge is -2.16. The number of hydrogen-bond acceptors (Lipinski definition) is 2. The van der Waals surface area contributed by atoms with Gasteiger partial charge in [0.1, 0.15) is 0 Å². The number of H-pyrrole nitrogens is 1. The number of rotatable bonds is 5. The Labute approximate surface area is 140 Å². The van der Waals surface area contributed by atoms with Crippen molar-refractivity contribution in [1.82, 2.24) is 9.88 Å². The fourth-order valence-corrected chi connectivity index (χ4v) is 3.13. The molecule has 3 aromatic rings. The number of aromatic nitrogens is 1. The van der Waals surface area contributed by atoms with E-state index in [4.69, 9.17) is 11.6 Å². The van der Waals surface area contributed by atoms with Gasteiger partial charge in [0.2, 0.25) is 0 Å². The minimum absolute atomic E-state index is 0.120. The summed E-state index contributed by atoms with van der Waals surface area (Å²) in [5.74, 6) is 0.120. The molecular formula is C19H19ClN2O. The molecule has 0 saturated carbocycles. The van der Waals surface area contributed by atoms with E-state index < -0.39 is 0 Å². The molecule has 0 unspecified atom stereocenters. The van der Waals surface area contributed by atoms with Gasteiger partial charge >= 0.3 is 0 Å². The zero-order chi connectivity index (χ0) is 16.4. The van der Waals surface area contributed by atoms with Gasteiger partial charge in [-0.2, -0.15) is 0 Å². The average Bonchev–Trinajstić information content (AvgIpc) is 2.85. The van der Waals surface area contributed by atoms with Crippen molar-refractivity contribution in [2.24, 2.45) is 0 Å². The number of carbonyl (C=O) groups excluding carboxylic acids is 1. The molecule has 1 heterocycles. The zero-order valence-corrected chi connectivity index (χ0v) is 14.0. The number of halogens is 1. The first kappa shape index (κ1) is 15.8. The number of aromatic amines is 1. The molecular weight excluding hydrogens is 308 g/mol. The summed E-state index contributed by atoms with van der Waals surface area (Å²) in [7, 11) is 1.94. The van der Waals surface area contributed by atoms with Gasteiger partial charge in [-0.3, -0.25) is 9.69 Å². The first-order valence-electron chi connectivity index (χ1n) is 7.58. The van der Waals surface area contributed by atoms with Gasteiger partial charge in [-0.15, -0.1) is 0 Å². The molecule has 0 spiro atoms. The van der Waals surface area contributed by atoms with Gasteiger partial charge in [0, 0.05) is 33.7 Å². The molecule has 0 atom stereocenters. The molecule has 0 amide bonds. The van der Waals surface area contributed by atoms with Crippen LogP contribution in [0.5, 0.6) is 0 Å². The van der Waals surface area contributed by atoms with Crippen LogP contribution in [0.25, 0.3) is 10.9 Å². The maximum Gasteiger partial charge on any atom is 0.179 e. The van der Waals surface area contributed by atoms with E-state index in [0.29, 0.717) is 13.1 Å². The fourth-order valence-electron chi connectivity index (χ4n) is 2.93. The molecule has 1 aromatic heterocycles. The van der Waals surface area contributed by atoms with E-state index in [1.54, 1.807) is 0 Å². The number of likely N-dealkylation sites (N-methyl/N-ethyl adjacent to an activating group) is 1. The minimum Gasteiger partial charge on any atom is -0.358 e. The van der Waals surface area contributed by atoms with E-state index in [-0.39, 0.29) is 5.78 Å². The monoisotopic (exact) mass is 326 g/mol. The number of nitrogens with zero attached hydrogens (tertiary/aromatic N) is 1. The lowest BCUT2D eigenvalue weighted by molar-refractivity contribution is 0.0944. The van der Waals surface area contributed by atoms with Crippen molar-refractivity contribution in [3.05, 3.63) is 70.4 Å². The van der Waals surface area contributed by atoms with Crippen LogP contribution in [0.2, 0.25) is 5.02 Å². The SMILES string of the molecule is Cc1[nH]c2ccccc2c1C(=O)CN(C)Cc1ccccc1Cl. The van der Waals surface area contributed by atoms with Crippen LogP contribution in [0.15, 0.2) is 48.5 Å². The summed E-state index contributed by atoms with van der Waals surface area (Å²) in [4.78, 5) is 18.0. The molecule has 2 aromatic carbocycles. The van der Waals surface area contributed by atoms with Crippen LogP contribution in [-0.2, 0) is 6.54 Å². The third-order valence-electron chi connectivity index (χ3n) is 3.98. The van der Waals surface area contributed by atoms with E-state index in [0.717, 1.165) is 32.7 Å². The Balaban J connectivity index is 1.78. The Morgan fingerprint density at radius 2 is 1.83 bits per heavy atom. The van der Waals surface area contributed by atoms with Crippen LogP contribution in [-0.4, -0.2) is 29.3 Å². The zero-order valence-electron chi connectivity index (χ0n) is 13.3. The summed E-state index contributed by atoms with van der Waals surface area (Å²) < 4.78 is 0. The van der Waals surface area contributed by atoms with Crippen molar-refractivity contribution < 1.29 is 4.79 Å². The number of ketones is 1. The summed E-state index contributed by atoms with van der Waals surface area (Å²) in [6, 6.07) is 15.6. The first-order valence-corrected chi connectivity index (χ1v) is 7.96. The van der Waals surface area contributed by atoms with Crippen LogP contribution < -0.4 is 0 Å². The lowest BCUT2D eigenvalue weighted by Crippen LogP contribution is -2.26.